The summed E-state index contributed by atoms with van der Waals surface area (Å²) in [6, 6.07) is 0.747. The van der Waals surface area contributed by atoms with Crippen LogP contribution in [-0.2, 0) is 14.8 Å². The number of piperidine rings is 1. The van der Waals surface area contributed by atoms with E-state index in [-0.39, 0.29) is 35.8 Å². The fraction of sp³-hybridized carbons (Fsp3) is 0.947. The van der Waals surface area contributed by atoms with E-state index in [0.29, 0.717) is 36.6 Å². The molecule has 0 aromatic heterocycles. The van der Waals surface area contributed by atoms with E-state index >= 15 is 0 Å². The molecule has 9 heteroatoms. The predicted octanol–water partition coefficient (Wildman–Crippen LogP) is 1.93. The first-order valence-electron chi connectivity index (χ1n) is 10.7. The molecular formula is C19H35IN4O3S. The van der Waals surface area contributed by atoms with Crippen molar-refractivity contribution in [1.82, 2.24) is 14.9 Å². The number of halogens is 1. The van der Waals surface area contributed by atoms with Crippen LogP contribution < -0.4 is 10.6 Å². The highest BCUT2D eigenvalue weighted by atomic mass is 127. The summed E-state index contributed by atoms with van der Waals surface area (Å²) in [5.74, 6) is 1.70. The number of aliphatic imine (C=N–C) groups is 1. The van der Waals surface area contributed by atoms with Crippen LogP contribution in [0.4, 0.5) is 0 Å². The van der Waals surface area contributed by atoms with Gasteiger partial charge in [0.15, 0.2) is 5.96 Å². The SMILES string of the molecule is CCN=C(NC1CCN(S(=O)(=O)CC)CC1)NC1C2CCOC2C12CCC2.I. The van der Waals surface area contributed by atoms with Crippen molar-refractivity contribution in [3.63, 3.8) is 0 Å². The Hall–Kier alpha value is -0.130. The van der Waals surface area contributed by atoms with Gasteiger partial charge in [0.05, 0.1) is 11.9 Å². The largest absolute Gasteiger partial charge is 0.377 e. The van der Waals surface area contributed by atoms with Gasteiger partial charge in [0.1, 0.15) is 0 Å². The Morgan fingerprint density at radius 3 is 2.46 bits per heavy atom. The molecule has 2 saturated heterocycles. The standard InChI is InChI=1S/C19H34N4O3S.HI/c1-3-20-18(21-14-6-11-23(12-7-14)27(24,25)4-2)22-16-15-8-13-26-17(15)19(16)9-5-10-19;/h14-17H,3-13H2,1-2H3,(H2,20,21,22);1H. The molecule has 2 aliphatic carbocycles. The molecule has 0 radical (unpaired) electrons. The van der Waals surface area contributed by atoms with Gasteiger partial charge in [-0.1, -0.05) is 6.42 Å². The molecule has 7 nitrogen and oxygen atoms in total. The topological polar surface area (TPSA) is 83.0 Å². The highest BCUT2D eigenvalue weighted by Crippen LogP contribution is 2.62. The molecule has 2 N–H and O–H groups in total. The van der Waals surface area contributed by atoms with Crippen molar-refractivity contribution in [2.45, 2.75) is 70.6 Å². The van der Waals surface area contributed by atoms with Crippen LogP contribution in [0.15, 0.2) is 4.99 Å². The van der Waals surface area contributed by atoms with Gasteiger partial charge in [0, 0.05) is 49.7 Å². The normalized spacial score (nSPS) is 32.8. The molecule has 4 aliphatic rings. The highest BCUT2D eigenvalue weighted by Gasteiger charge is 2.66. The van der Waals surface area contributed by atoms with Crippen LogP contribution >= 0.6 is 24.0 Å². The quantitative estimate of drug-likeness (QED) is 0.325. The van der Waals surface area contributed by atoms with Gasteiger partial charge in [0.25, 0.3) is 0 Å². The number of hydrogen-bond donors (Lipinski definition) is 2. The van der Waals surface area contributed by atoms with Crippen LogP contribution in [0.1, 0.15) is 52.4 Å². The molecule has 3 atom stereocenters. The summed E-state index contributed by atoms with van der Waals surface area (Å²) in [5, 5.41) is 7.33. The van der Waals surface area contributed by atoms with Gasteiger partial charge in [-0.3, -0.25) is 4.99 Å². The zero-order valence-corrected chi connectivity index (χ0v) is 20.2. The summed E-state index contributed by atoms with van der Waals surface area (Å²) in [6.07, 6.45) is 7.09. The van der Waals surface area contributed by atoms with E-state index in [9.17, 15) is 8.42 Å². The fourth-order valence-electron chi connectivity index (χ4n) is 5.55. The first-order valence-corrected chi connectivity index (χ1v) is 12.3. The Bertz CT molecular complexity index is 675. The van der Waals surface area contributed by atoms with E-state index in [1.54, 1.807) is 11.2 Å². The molecule has 0 bridgehead atoms. The van der Waals surface area contributed by atoms with E-state index < -0.39 is 10.0 Å². The van der Waals surface area contributed by atoms with Crippen LogP contribution in [0.3, 0.4) is 0 Å². The molecule has 0 amide bonds. The second kappa shape index (κ2) is 8.93. The number of hydrogen-bond acceptors (Lipinski definition) is 4. The minimum absolute atomic E-state index is 0. The van der Waals surface area contributed by atoms with Crippen molar-refractivity contribution in [1.29, 1.82) is 0 Å². The van der Waals surface area contributed by atoms with Crippen LogP contribution in [0.25, 0.3) is 0 Å². The molecule has 162 valence electrons. The monoisotopic (exact) mass is 526 g/mol. The smallest absolute Gasteiger partial charge is 0.213 e. The second-order valence-corrected chi connectivity index (χ2v) is 10.8. The Kier molecular flexibility index (Phi) is 7.19. The van der Waals surface area contributed by atoms with Crippen molar-refractivity contribution in [3.05, 3.63) is 0 Å². The van der Waals surface area contributed by atoms with Crippen LogP contribution in [0, 0.1) is 11.3 Å². The minimum atomic E-state index is -3.07. The maximum atomic E-state index is 12.1. The Balaban J connectivity index is 0.00000225. The lowest BCUT2D eigenvalue weighted by atomic mass is 9.46. The number of rotatable bonds is 5. The third-order valence-corrected chi connectivity index (χ3v) is 9.08. The molecule has 4 fully saturated rings. The molecule has 28 heavy (non-hydrogen) atoms. The first kappa shape index (κ1) is 22.6. The van der Waals surface area contributed by atoms with Gasteiger partial charge in [0.2, 0.25) is 10.0 Å². The van der Waals surface area contributed by atoms with Gasteiger partial charge >= 0.3 is 0 Å². The van der Waals surface area contributed by atoms with Crippen LogP contribution in [-0.4, -0.2) is 68.9 Å². The number of nitrogens with zero attached hydrogens (tertiary/aromatic N) is 2. The molecular weight excluding hydrogens is 491 g/mol. The summed E-state index contributed by atoms with van der Waals surface area (Å²) >= 11 is 0. The molecule has 0 aromatic carbocycles. The number of nitrogens with one attached hydrogen (secondary N) is 2. The lowest BCUT2D eigenvalue weighted by Gasteiger charge is -2.63. The number of guanidine groups is 1. The molecule has 4 rings (SSSR count). The maximum Gasteiger partial charge on any atom is 0.213 e. The van der Waals surface area contributed by atoms with Crippen molar-refractivity contribution < 1.29 is 13.2 Å². The van der Waals surface area contributed by atoms with Gasteiger partial charge in [-0.25, -0.2) is 12.7 Å². The van der Waals surface area contributed by atoms with E-state index in [4.69, 9.17) is 4.74 Å². The Morgan fingerprint density at radius 2 is 1.89 bits per heavy atom. The van der Waals surface area contributed by atoms with E-state index in [1.807, 2.05) is 0 Å². The van der Waals surface area contributed by atoms with Crippen LogP contribution in [0.2, 0.25) is 0 Å². The van der Waals surface area contributed by atoms with Crippen LogP contribution in [0.5, 0.6) is 0 Å². The summed E-state index contributed by atoms with van der Waals surface area (Å²) in [6.45, 7) is 6.60. The van der Waals surface area contributed by atoms with Crippen molar-refractivity contribution in [2.24, 2.45) is 16.3 Å². The Morgan fingerprint density at radius 1 is 1.18 bits per heavy atom. The molecule has 2 heterocycles. The molecule has 0 aromatic rings. The lowest BCUT2D eigenvalue weighted by Crippen LogP contribution is -2.72. The predicted molar refractivity (Wildman–Crippen MR) is 122 cm³/mol. The summed E-state index contributed by atoms with van der Waals surface area (Å²) in [5.41, 5.74) is 0.329. The average molecular weight is 526 g/mol. The zero-order valence-electron chi connectivity index (χ0n) is 17.0. The third kappa shape index (κ3) is 3.92. The van der Waals surface area contributed by atoms with Gasteiger partial charge < -0.3 is 15.4 Å². The third-order valence-electron chi connectivity index (χ3n) is 7.20. The molecule has 1 spiro atoms. The lowest BCUT2D eigenvalue weighted by molar-refractivity contribution is -0.171. The molecule has 3 unspecified atom stereocenters. The van der Waals surface area contributed by atoms with E-state index in [0.717, 1.165) is 38.4 Å². The van der Waals surface area contributed by atoms with E-state index in [1.165, 1.54) is 19.3 Å². The van der Waals surface area contributed by atoms with Gasteiger partial charge in [-0.15, -0.1) is 24.0 Å². The summed E-state index contributed by atoms with van der Waals surface area (Å²) in [4.78, 5) is 4.68. The second-order valence-electron chi connectivity index (χ2n) is 8.49. The van der Waals surface area contributed by atoms with E-state index in [2.05, 4.69) is 22.5 Å². The van der Waals surface area contributed by atoms with Gasteiger partial charge in [-0.05, 0) is 46.0 Å². The first-order chi connectivity index (χ1) is 13.0. The summed E-state index contributed by atoms with van der Waals surface area (Å²) in [7, 11) is -3.07. The number of ether oxygens (including phenoxy) is 1. The maximum absolute atomic E-state index is 12.1. The zero-order chi connectivity index (χ0) is 19.1. The highest BCUT2D eigenvalue weighted by molar-refractivity contribution is 14.0. The fourth-order valence-corrected chi connectivity index (χ4v) is 6.68. The number of sulfonamides is 1. The average Bonchev–Trinajstić information content (AvgIpc) is 3.04. The van der Waals surface area contributed by atoms with Crippen molar-refractivity contribution in [2.75, 3.05) is 32.0 Å². The molecule has 2 aliphatic heterocycles. The molecule has 2 saturated carbocycles. The Labute approximate surface area is 186 Å². The van der Waals surface area contributed by atoms with Gasteiger partial charge in [-0.2, -0.15) is 0 Å². The van der Waals surface area contributed by atoms with Crippen molar-refractivity contribution in [3.8, 4) is 0 Å². The number of fused-ring (bicyclic) bond motifs is 2. The summed E-state index contributed by atoms with van der Waals surface area (Å²) < 4.78 is 31.8. The minimum Gasteiger partial charge on any atom is -0.377 e. The van der Waals surface area contributed by atoms with Crippen molar-refractivity contribution >= 4 is 40.0 Å².